The summed E-state index contributed by atoms with van der Waals surface area (Å²) in [5.74, 6) is 1.63. The summed E-state index contributed by atoms with van der Waals surface area (Å²) in [7, 11) is 2.02. The number of anilines is 1. The first-order valence-corrected chi connectivity index (χ1v) is 7.47. The Hall–Kier alpha value is -1.14. The third kappa shape index (κ3) is 2.74. The molecule has 2 aromatic heterocycles. The molecule has 6 heteroatoms. The van der Waals surface area contributed by atoms with E-state index in [1.165, 1.54) is 12.8 Å². The fourth-order valence-corrected chi connectivity index (χ4v) is 2.93. The largest absolute Gasteiger partial charge is 0.339 e. The predicted octanol–water partition coefficient (Wildman–Crippen LogP) is 1.93. The second kappa shape index (κ2) is 5.46. The first kappa shape index (κ1) is 12.9. The summed E-state index contributed by atoms with van der Waals surface area (Å²) < 4.78 is 2.85. The van der Waals surface area contributed by atoms with Crippen LogP contribution < -0.4 is 10.2 Å². The van der Waals surface area contributed by atoms with Gasteiger partial charge in [-0.25, -0.2) is 4.52 Å². The van der Waals surface area contributed by atoms with Crippen LogP contribution in [-0.2, 0) is 0 Å². The first-order chi connectivity index (χ1) is 9.26. The van der Waals surface area contributed by atoms with E-state index in [4.69, 9.17) is 0 Å². The molecule has 0 bridgehead atoms. The average Bonchev–Trinajstić information content (AvgIpc) is 2.83. The summed E-state index contributed by atoms with van der Waals surface area (Å²) in [6.45, 7) is 3.20. The molecule has 19 heavy (non-hydrogen) atoms. The zero-order valence-corrected chi connectivity index (χ0v) is 12.6. The lowest BCUT2D eigenvalue weighted by Crippen LogP contribution is -2.37. The maximum Gasteiger partial charge on any atom is 0.245 e. The number of piperidine rings is 1. The minimum absolute atomic E-state index is 0.785. The van der Waals surface area contributed by atoms with Crippen molar-refractivity contribution in [2.45, 2.75) is 12.8 Å². The predicted molar refractivity (Wildman–Crippen MR) is 79.6 cm³/mol. The van der Waals surface area contributed by atoms with Crippen molar-refractivity contribution < 1.29 is 0 Å². The lowest BCUT2D eigenvalue weighted by Gasteiger charge is -2.30. The molecule has 1 aliphatic heterocycles. The highest BCUT2D eigenvalue weighted by atomic mass is 79.9. The molecule has 3 heterocycles. The molecule has 0 aliphatic carbocycles. The summed E-state index contributed by atoms with van der Waals surface area (Å²) in [6.07, 6.45) is 4.36. The molecule has 3 rings (SSSR count). The minimum Gasteiger partial charge on any atom is -0.339 e. The molecule has 1 fully saturated rings. The number of hydrogen-bond donors (Lipinski definition) is 1. The van der Waals surface area contributed by atoms with Gasteiger partial charge in [0.15, 0.2) is 5.65 Å². The Balaban J connectivity index is 1.74. The Labute approximate surface area is 121 Å². The second-order valence-electron chi connectivity index (χ2n) is 5.05. The second-order valence-corrected chi connectivity index (χ2v) is 5.97. The van der Waals surface area contributed by atoms with Gasteiger partial charge >= 0.3 is 0 Å². The van der Waals surface area contributed by atoms with Crippen molar-refractivity contribution in [2.75, 3.05) is 31.6 Å². The van der Waals surface area contributed by atoms with E-state index in [9.17, 15) is 0 Å². The Bertz CT molecular complexity index is 559. The van der Waals surface area contributed by atoms with Gasteiger partial charge in [-0.15, -0.1) is 5.10 Å². The molecule has 1 N–H and O–H groups in total. The average molecular weight is 324 g/mol. The van der Waals surface area contributed by atoms with Gasteiger partial charge in [-0.05, 0) is 60.4 Å². The van der Waals surface area contributed by atoms with Gasteiger partial charge in [-0.2, -0.15) is 4.98 Å². The van der Waals surface area contributed by atoms with Crippen LogP contribution >= 0.6 is 15.9 Å². The molecule has 2 aromatic rings. The van der Waals surface area contributed by atoms with E-state index in [1.807, 2.05) is 29.9 Å². The molecule has 0 spiro atoms. The van der Waals surface area contributed by atoms with Crippen LogP contribution in [0, 0.1) is 5.92 Å². The Kier molecular flexibility index (Phi) is 3.70. The zero-order valence-electron chi connectivity index (χ0n) is 11.0. The number of rotatable bonds is 3. The van der Waals surface area contributed by atoms with Gasteiger partial charge in [0.25, 0.3) is 0 Å². The monoisotopic (exact) mass is 323 g/mol. The van der Waals surface area contributed by atoms with Crippen LogP contribution in [0.1, 0.15) is 12.8 Å². The van der Waals surface area contributed by atoms with Gasteiger partial charge in [0.2, 0.25) is 5.95 Å². The molecule has 0 radical (unpaired) electrons. The van der Waals surface area contributed by atoms with Crippen molar-refractivity contribution >= 4 is 27.5 Å². The van der Waals surface area contributed by atoms with Crippen LogP contribution in [0.5, 0.6) is 0 Å². The maximum atomic E-state index is 4.59. The molecular weight excluding hydrogens is 306 g/mol. The quantitative estimate of drug-likeness (QED) is 0.937. The highest BCUT2D eigenvalue weighted by Gasteiger charge is 2.21. The van der Waals surface area contributed by atoms with Gasteiger partial charge < -0.3 is 10.2 Å². The smallest absolute Gasteiger partial charge is 0.245 e. The maximum absolute atomic E-state index is 4.59. The summed E-state index contributed by atoms with van der Waals surface area (Å²) in [5.41, 5.74) is 0.899. The molecule has 0 atom stereocenters. The van der Waals surface area contributed by atoms with Crippen molar-refractivity contribution in [1.82, 2.24) is 19.9 Å². The van der Waals surface area contributed by atoms with Crippen LogP contribution in [0.25, 0.3) is 5.65 Å². The highest BCUT2D eigenvalue weighted by Crippen LogP contribution is 2.21. The molecule has 0 amide bonds. The SMILES string of the molecule is CNCC1CCN(c2nc3ccc(Br)cn3n2)CC1. The van der Waals surface area contributed by atoms with Gasteiger partial charge in [-0.3, -0.25) is 0 Å². The molecule has 102 valence electrons. The third-order valence-electron chi connectivity index (χ3n) is 3.67. The highest BCUT2D eigenvalue weighted by molar-refractivity contribution is 9.10. The number of nitrogens with one attached hydrogen (secondary N) is 1. The van der Waals surface area contributed by atoms with E-state index in [-0.39, 0.29) is 0 Å². The number of fused-ring (bicyclic) bond motifs is 1. The normalized spacial score (nSPS) is 17.3. The fourth-order valence-electron chi connectivity index (χ4n) is 2.61. The van der Waals surface area contributed by atoms with Crippen molar-refractivity contribution in [1.29, 1.82) is 0 Å². The third-order valence-corrected chi connectivity index (χ3v) is 4.14. The zero-order chi connectivity index (χ0) is 13.2. The molecule has 1 aliphatic rings. The van der Waals surface area contributed by atoms with Crippen molar-refractivity contribution in [3.05, 3.63) is 22.8 Å². The first-order valence-electron chi connectivity index (χ1n) is 6.68. The van der Waals surface area contributed by atoms with Crippen molar-refractivity contribution in [3.63, 3.8) is 0 Å². The number of hydrogen-bond acceptors (Lipinski definition) is 4. The van der Waals surface area contributed by atoms with E-state index >= 15 is 0 Å². The lowest BCUT2D eigenvalue weighted by atomic mass is 9.97. The van der Waals surface area contributed by atoms with Crippen LogP contribution in [0.4, 0.5) is 5.95 Å². The lowest BCUT2D eigenvalue weighted by molar-refractivity contribution is 0.391. The molecule has 0 unspecified atom stereocenters. The van der Waals surface area contributed by atoms with Crippen molar-refractivity contribution in [3.8, 4) is 0 Å². The van der Waals surface area contributed by atoms with Gasteiger partial charge in [0.05, 0.1) is 0 Å². The van der Waals surface area contributed by atoms with Crippen LogP contribution in [0.2, 0.25) is 0 Å². The number of halogens is 1. The van der Waals surface area contributed by atoms with Gasteiger partial charge in [0, 0.05) is 23.8 Å². The Morgan fingerprint density at radius 2 is 2.16 bits per heavy atom. The molecule has 1 saturated heterocycles. The van der Waals surface area contributed by atoms with E-state index in [1.54, 1.807) is 0 Å². The van der Waals surface area contributed by atoms with Gasteiger partial charge in [0.1, 0.15) is 0 Å². The van der Waals surface area contributed by atoms with Crippen LogP contribution in [0.3, 0.4) is 0 Å². The standard InChI is InChI=1S/C13H18BrN5/c1-15-8-10-4-6-18(7-5-10)13-16-12-3-2-11(14)9-19(12)17-13/h2-3,9-10,15H,4-8H2,1H3. The molecule has 5 nitrogen and oxygen atoms in total. The summed E-state index contributed by atoms with van der Waals surface area (Å²) >= 11 is 3.45. The van der Waals surface area contributed by atoms with E-state index in [2.05, 4.69) is 36.2 Å². The van der Waals surface area contributed by atoms with E-state index in [0.29, 0.717) is 0 Å². The summed E-state index contributed by atoms with van der Waals surface area (Å²) in [5, 5.41) is 7.81. The van der Waals surface area contributed by atoms with Crippen LogP contribution in [-0.4, -0.2) is 41.3 Å². The molecule has 0 aromatic carbocycles. The topological polar surface area (TPSA) is 45.5 Å². The summed E-state index contributed by atoms with van der Waals surface area (Å²) in [4.78, 5) is 6.87. The Morgan fingerprint density at radius 1 is 1.37 bits per heavy atom. The van der Waals surface area contributed by atoms with Gasteiger partial charge in [-0.1, -0.05) is 0 Å². The van der Waals surface area contributed by atoms with Crippen LogP contribution in [0.15, 0.2) is 22.8 Å². The number of nitrogens with zero attached hydrogens (tertiary/aromatic N) is 4. The Morgan fingerprint density at radius 3 is 2.89 bits per heavy atom. The molecular formula is C13H18BrN5. The number of aromatic nitrogens is 3. The van der Waals surface area contributed by atoms with E-state index in [0.717, 1.165) is 41.6 Å². The number of pyridine rings is 1. The minimum atomic E-state index is 0.785. The van der Waals surface area contributed by atoms with Crippen molar-refractivity contribution in [2.24, 2.45) is 5.92 Å². The molecule has 0 saturated carbocycles. The van der Waals surface area contributed by atoms with E-state index < -0.39 is 0 Å². The fraction of sp³-hybridized carbons (Fsp3) is 0.538. The summed E-state index contributed by atoms with van der Waals surface area (Å²) in [6, 6.07) is 3.97.